The number of rotatable bonds is 2. The molecule has 3 rings (SSSR count). The van der Waals surface area contributed by atoms with Crippen LogP contribution in [-0.4, -0.2) is 16.1 Å². The van der Waals surface area contributed by atoms with Crippen molar-refractivity contribution in [1.29, 1.82) is 0 Å². The second kappa shape index (κ2) is 7.76. The molecule has 0 saturated heterocycles. The number of halogens is 4. The van der Waals surface area contributed by atoms with Crippen LogP contribution < -0.4 is 10.6 Å². The number of nitrogens with one attached hydrogen (secondary N) is 2. The van der Waals surface area contributed by atoms with Crippen LogP contribution in [0.5, 0.6) is 5.75 Å². The first kappa shape index (κ1) is 19.5. The summed E-state index contributed by atoms with van der Waals surface area (Å²) in [6.07, 6.45) is 0. The lowest BCUT2D eigenvalue weighted by Crippen LogP contribution is -2.33. The number of thiocarbonyl (C=S) groups is 1. The Morgan fingerprint density at radius 1 is 1.08 bits per heavy atom. The van der Waals surface area contributed by atoms with E-state index >= 15 is 0 Å². The van der Waals surface area contributed by atoms with Crippen molar-refractivity contribution < 1.29 is 9.90 Å². The van der Waals surface area contributed by atoms with Crippen molar-refractivity contribution in [3.8, 4) is 5.75 Å². The fourth-order valence-electron chi connectivity index (χ4n) is 2.14. The first-order valence-electron chi connectivity index (χ1n) is 6.94. The summed E-state index contributed by atoms with van der Waals surface area (Å²) in [6, 6.07) is 8.05. The zero-order chi connectivity index (χ0) is 19.0. The highest BCUT2D eigenvalue weighted by atomic mass is 35.5. The maximum Gasteiger partial charge on any atom is 0.269 e. The first-order valence-corrected chi connectivity index (χ1v) is 9.68. The molecule has 26 heavy (non-hydrogen) atoms. The molecule has 0 aliphatic carbocycles. The summed E-state index contributed by atoms with van der Waals surface area (Å²) in [5.74, 6) is -0.689. The van der Waals surface area contributed by atoms with E-state index in [1.807, 2.05) is 0 Å². The average Bonchev–Trinajstić information content (AvgIpc) is 2.88. The topological polar surface area (TPSA) is 61.4 Å². The van der Waals surface area contributed by atoms with Gasteiger partial charge in [-0.1, -0.05) is 52.5 Å². The van der Waals surface area contributed by atoms with Crippen molar-refractivity contribution in [3.63, 3.8) is 0 Å². The Morgan fingerprint density at radius 3 is 2.38 bits per heavy atom. The molecule has 3 aromatic rings. The van der Waals surface area contributed by atoms with E-state index in [0.29, 0.717) is 20.6 Å². The molecule has 4 nitrogen and oxygen atoms in total. The van der Waals surface area contributed by atoms with E-state index in [2.05, 4.69) is 10.6 Å². The van der Waals surface area contributed by atoms with Gasteiger partial charge in [0.2, 0.25) is 0 Å². The lowest BCUT2D eigenvalue weighted by molar-refractivity contribution is 0.0982. The largest absolute Gasteiger partial charge is 0.505 e. The van der Waals surface area contributed by atoms with Crippen LogP contribution in [0.1, 0.15) is 9.67 Å². The number of carbonyl (C=O) groups excluding carboxylic acids is 1. The summed E-state index contributed by atoms with van der Waals surface area (Å²) in [5.41, 5.74) is 0.414. The Balaban J connectivity index is 1.78. The van der Waals surface area contributed by atoms with Crippen molar-refractivity contribution >= 4 is 96.8 Å². The summed E-state index contributed by atoms with van der Waals surface area (Å²) in [5, 5.41) is 16.6. The number of phenols is 1. The van der Waals surface area contributed by atoms with Gasteiger partial charge in [0, 0.05) is 20.8 Å². The molecule has 0 aliphatic rings. The Labute approximate surface area is 177 Å². The minimum atomic E-state index is -0.458. The van der Waals surface area contributed by atoms with Gasteiger partial charge in [-0.15, -0.1) is 11.3 Å². The normalized spacial score (nSPS) is 10.8. The Hall–Kier alpha value is -1.28. The van der Waals surface area contributed by atoms with Gasteiger partial charge >= 0.3 is 0 Å². The number of aromatic hydroxyl groups is 1. The van der Waals surface area contributed by atoms with E-state index in [-0.39, 0.29) is 20.9 Å². The van der Waals surface area contributed by atoms with Gasteiger partial charge in [-0.05, 0) is 36.5 Å². The second-order valence-corrected chi connectivity index (χ2v) is 8.17. The highest BCUT2D eigenvalue weighted by Gasteiger charge is 2.18. The SMILES string of the molecule is O=C(NC(=S)Nc1cc(Cl)c(O)c(Cl)c1)c1sc2cc(Cl)ccc2c1Cl. The van der Waals surface area contributed by atoms with Gasteiger partial charge in [0.05, 0.1) is 15.1 Å². The monoisotopic (exact) mass is 464 g/mol. The summed E-state index contributed by atoms with van der Waals surface area (Å²) >= 11 is 30.3. The number of fused-ring (bicyclic) bond motifs is 1. The van der Waals surface area contributed by atoms with Crippen LogP contribution in [0.25, 0.3) is 10.1 Å². The van der Waals surface area contributed by atoms with Crippen LogP contribution >= 0.6 is 70.0 Å². The van der Waals surface area contributed by atoms with E-state index in [0.717, 1.165) is 10.1 Å². The molecule has 1 amide bonds. The first-order chi connectivity index (χ1) is 12.3. The number of thiophene rings is 1. The number of carbonyl (C=O) groups is 1. The predicted octanol–water partition coefficient (Wildman–Crippen LogP) is 6.35. The molecule has 134 valence electrons. The third-order valence-corrected chi connectivity index (χ3v) is 5.97. The van der Waals surface area contributed by atoms with E-state index in [1.54, 1.807) is 18.2 Å². The molecule has 1 aromatic heterocycles. The van der Waals surface area contributed by atoms with Crippen LogP contribution in [0.4, 0.5) is 5.69 Å². The van der Waals surface area contributed by atoms with Gasteiger partial charge in [-0.3, -0.25) is 10.1 Å². The standard InChI is InChI=1S/C16H8Cl4N2O2S2/c17-6-1-2-8-11(3-6)26-14(12(8)20)15(24)22-16(25)21-7-4-9(18)13(23)10(19)5-7/h1-5,23H,(H2,21,22,24,25). The number of hydrogen-bond acceptors (Lipinski definition) is 4. The van der Waals surface area contributed by atoms with Crippen molar-refractivity contribution in [1.82, 2.24) is 5.32 Å². The fourth-order valence-corrected chi connectivity index (χ4v) is 4.53. The molecule has 2 aromatic carbocycles. The average molecular weight is 466 g/mol. The molecule has 0 radical (unpaired) electrons. The van der Waals surface area contributed by atoms with Crippen LogP contribution in [0.3, 0.4) is 0 Å². The van der Waals surface area contributed by atoms with Gasteiger partial charge < -0.3 is 10.4 Å². The number of hydrogen-bond donors (Lipinski definition) is 3. The molecule has 1 heterocycles. The van der Waals surface area contributed by atoms with Gasteiger partial charge in [0.1, 0.15) is 4.88 Å². The molecule has 0 fully saturated rings. The van der Waals surface area contributed by atoms with E-state index in [9.17, 15) is 9.90 Å². The molecule has 10 heteroatoms. The van der Waals surface area contributed by atoms with Crippen molar-refractivity contribution in [3.05, 3.63) is 55.3 Å². The van der Waals surface area contributed by atoms with Crippen LogP contribution in [0, 0.1) is 0 Å². The van der Waals surface area contributed by atoms with Crippen molar-refractivity contribution in [2.45, 2.75) is 0 Å². The maximum absolute atomic E-state index is 12.5. The molecule has 0 atom stereocenters. The molecule has 0 unspecified atom stereocenters. The summed E-state index contributed by atoms with van der Waals surface area (Å²) < 4.78 is 0.795. The zero-order valence-corrected chi connectivity index (χ0v) is 17.2. The predicted molar refractivity (Wildman–Crippen MR) is 114 cm³/mol. The number of anilines is 1. The number of phenolic OH excluding ortho intramolecular Hbond substituents is 1. The quantitative estimate of drug-likeness (QED) is 0.305. The lowest BCUT2D eigenvalue weighted by Gasteiger charge is -2.10. The molecular formula is C16H8Cl4N2O2S2. The van der Waals surface area contributed by atoms with Gasteiger partial charge in [0.25, 0.3) is 5.91 Å². The summed E-state index contributed by atoms with van der Waals surface area (Å²) in [7, 11) is 0. The van der Waals surface area contributed by atoms with Gasteiger partial charge in [-0.2, -0.15) is 0 Å². The maximum atomic E-state index is 12.5. The lowest BCUT2D eigenvalue weighted by atomic mass is 10.2. The van der Waals surface area contributed by atoms with Crippen LogP contribution in [-0.2, 0) is 0 Å². The molecular weight excluding hydrogens is 458 g/mol. The van der Waals surface area contributed by atoms with Gasteiger partial charge in [-0.25, -0.2) is 0 Å². The van der Waals surface area contributed by atoms with Crippen LogP contribution in [0.2, 0.25) is 20.1 Å². The van der Waals surface area contributed by atoms with E-state index in [4.69, 9.17) is 58.6 Å². The van der Waals surface area contributed by atoms with Crippen molar-refractivity contribution in [2.24, 2.45) is 0 Å². The highest BCUT2D eigenvalue weighted by molar-refractivity contribution is 7.80. The minimum Gasteiger partial charge on any atom is -0.505 e. The minimum absolute atomic E-state index is 0.0272. The zero-order valence-electron chi connectivity index (χ0n) is 12.6. The molecule has 0 spiro atoms. The number of benzene rings is 2. The summed E-state index contributed by atoms with van der Waals surface area (Å²) in [6.45, 7) is 0. The molecule has 0 bridgehead atoms. The number of amides is 1. The van der Waals surface area contributed by atoms with Crippen molar-refractivity contribution in [2.75, 3.05) is 5.32 Å². The fraction of sp³-hybridized carbons (Fsp3) is 0. The van der Waals surface area contributed by atoms with Gasteiger partial charge in [0.15, 0.2) is 10.9 Å². The third kappa shape index (κ3) is 4.01. The van der Waals surface area contributed by atoms with E-state index < -0.39 is 5.91 Å². The molecule has 0 aliphatic heterocycles. The smallest absolute Gasteiger partial charge is 0.269 e. The Bertz CT molecular complexity index is 1030. The third-order valence-electron chi connectivity index (χ3n) is 3.30. The molecule has 3 N–H and O–H groups in total. The Morgan fingerprint density at radius 2 is 1.73 bits per heavy atom. The van der Waals surface area contributed by atoms with Crippen LogP contribution in [0.15, 0.2) is 30.3 Å². The second-order valence-electron chi connectivity index (χ2n) is 5.08. The Kier molecular flexibility index (Phi) is 5.81. The summed E-state index contributed by atoms with van der Waals surface area (Å²) in [4.78, 5) is 12.8. The highest BCUT2D eigenvalue weighted by Crippen LogP contribution is 2.37. The molecule has 0 saturated carbocycles. The van der Waals surface area contributed by atoms with E-state index in [1.165, 1.54) is 23.5 Å².